The minimum atomic E-state index is -0.389. The van der Waals surface area contributed by atoms with E-state index in [1.54, 1.807) is 0 Å². The number of aromatic nitrogens is 2. The maximum Gasteiger partial charge on any atom is 0.240 e. The second-order valence-electron chi connectivity index (χ2n) is 5.16. The van der Waals surface area contributed by atoms with Crippen LogP contribution < -0.4 is 11.1 Å². The van der Waals surface area contributed by atoms with Crippen molar-refractivity contribution in [3.8, 4) is 0 Å². The fourth-order valence-electron chi connectivity index (χ4n) is 2.51. The van der Waals surface area contributed by atoms with Crippen LogP contribution in [-0.4, -0.2) is 22.6 Å². The van der Waals surface area contributed by atoms with Gasteiger partial charge in [0.2, 0.25) is 11.8 Å². The Morgan fingerprint density at radius 2 is 1.95 bits per heavy atom. The largest absolute Gasteiger partial charge is 0.369 e. The van der Waals surface area contributed by atoms with Crippen LogP contribution in [0.1, 0.15) is 62.6 Å². The molecule has 0 spiro atoms. The Morgan fingerprint density at radius 3 is 2.63 bits per heavy atom. The van der Waals surface area contributed by atoms with Crippen molar-refractivity contribution in [2.24, 2.45) is 5.73 Å². The Balaban J connectivity index is 1.85. The molecule has 0 unspecified atom stereocenters. The van der Waals surface area contributed by atoms with E-state index in [0.717, 1.165) is 18.7 Å². The number of nitrogens with zero attached hydrogens (tertiary/aromatic N) is 2. The first kappa shape index (κ1) is 14.0. The molecular weight excluding hydrogens is 244 g/mol. The molecule has 0 atom stereocenters. The van der Waals surface area contributed by atoms with Crippen LogP contribution in [0.3, 0.4) is 0 Å². The van der Waals surface area contributed by atoms with Crippen LogP contribution in [0.5, 0.6) is 0 Å². The summed E-state index contributed by atoms with van der Waals surface area (Å²) >= 11 is 0. The van der Waals surface area contributed by atoms with Crippen molar-refractivity contribution in [2.75, 3.05) is 6.54 Å². The molecule has 0 radical (unpaired) electrons. The number of nitrogens with two attached hydrogens (primary N) is 1. The third-order valence-electron chi connectivity index (χ3n) is 3.53. The van der Waals surface area contributed by atoms with E-state index in [-0.39, 0.29) is 12.5 Å². The van der Waals surface area contributed by atoms with Crippen molar-refractivity contribution in [2.45, 2.75) is 57.4 Å². The third-order valence-corrected chi connectivity index (χ3v) is 3.53. The number of rotatable bonds is 5. The van der Waals surface area contributed by atoms with E-state index in [2.05, 4.69) is 15.5 Å². The molecular formula is C13H22N4O2. The molecule has 0 aliphatic heterocycles. The molecule has 6 nitrogen and oxygen atoms in total. The third kappa shape index (κ3) is 4.63. The van der Waals surface area contributed by atoms with Crippen LogP contribution in [-0.2, 0) is 11.3 Å². The Hall–Kier alpha value is -1.43. The Bertz CT molecular complexity index is 397. The van der Waals surface area contributed by atoms with Gasteiger partial charge in [-0.2, -0.15) is 4.98 Å². The van der Waals surface area contributed by atoms with E-state index in [0.29, 0.717) is 18.4 Å². The molecule has 1 heterocycles. The molecule has 6 heteroatoms. The van der Waals surface area contributed by atoms with Gasteiger partial charge in [0, 0.05) is 5.92 Å². The van der Waals surface area contributed by atoms with Crippen LogP contribution in [0.15, 0.2) is 4.52 Å². The van der Waals surface area contributed by atoms with E-state index in [4.69, 9.17) is 10.3 Å². The van der Waals surface area contributed by atoms with Gasteiger partial charge in [0.15, 0.2) is 5.82 Å². The van der Waals surface area contributed by atoms with Gasteiger partial charge in [-0.3, -0.25) is 10.1 Å². The summed E-state index contributed by atoms with van der Waals surface area (Å²) in [6, 6.07) is 0. The van der Waals surface area contributed by atoms with Gasteiger partial charge in [-0.05, 0) is 12.8 Å². The van der Waals surface area contributed by atoms with Gasteiger partial charge in [0.1, 0.15) is 0 Å². The summed E-state index contributed by atoms with van der Waals surface area (Å²) in [6.45, 7) is 0.518. The average molecular weight is 266 g/mol. The van der Waals surface area contributed by atoms with Crippen LogP contribution >= 0.6 is 0 Å². The molecule has 1 aromatic heterocycles. The predicted molar refractivity (Wildman–Crippen MR) is 70.3 cm³/mol. The molecule has 1 saturated carbocycles. The zero-order chi connectivity index (χ0) is 13.5. The fraction of sp³-hybridized carbons (Fsp3) is 0.769. The SMILES string of the molecule is NC(=O)CNCc1nc(C2CCCCCCC2)no1. The summed E-state index contributed by atoms with van der Waals surface area (Å²) in [7, 11) is 0. The maximum atomic E-state index is 10.6. The van der Waals surface area contributed by atoms with E-state index in [1.807, 2.05) is 0 Å². The first-order valence-corrected chi connectivity index (χ1v) is 7.07. The first-order chi connectivity index (χ1) is 9.25. The highest BCUT2D eigenvalue weighted by molar-refractivity contribution is 5.75. The van der Waals surface area contributed by atoms with Gasteiger partial charge in [-0.1, -0.05) is 37.3 Å². The lowest BCUT2D eigenvalue weighted by molar-refractivity contribution is -0.117. The van der Waals surface area contributed by atoms with Gasteiger partial charge in [0.05, 0.1) is 13.1 Å². The second kappa shape index (κ2) is 7.23. The van der Waals surface area contributed by atoms with Crippen LogP contribution in [0.25, 0.3) is 0 Å². The van der Waals surface area contributed by atoms with Crippen molar-refractivity contribution in [1.29, 1.82) is 0 Å². The molecule has 1 aliphatic carbocycles. The van der Waals surface area contributed by atoms with Crippen LogP contribution in [0, 0.1) is 0 Å². The number of amides is 1. The lowest BCUT2D eigenvalue weighted by Gasteiger charge is -2.15. The highest BCUT2D eigenvalue weighted by atomic mass is 16.5. The normalized spacial score (nSPS) is 17.9. The molecule has 19 heavy (non-hydrogen) atoms. The summed E-state index contributed by atoms with van der Waals surface area (Å²) in [5, 5.41) is 6.94. The summed E-state index contributed by atoms with van der Waals surface area (Å²) < 4.78 is 5.20. The number of hydrogen-bond donors (Lipinski definition) is 2. The summed E-state index contributed by atoms with van der Waals surface area (Å²) in [5.74, 6) is 1.38. The molecule has 1 aromatic rings. The summed E-state index contributed by atoms with van der Waals surface area (Å²) in [4.78, 5) is 15.0. The number of carbonyl (C=O) groups excluding carboxylic acids is 1. The van der Waals surface area contributed by atoms with Gasteiger partial charge in [0.25, 0.3) is 0 Å². The Morgan fingerprint density at radius 1 is 1.26 bits per heavy atom. The first-order valence-electron chi connectivity index (χ1n) is 7.07. The molecule has 0 bridgehead atoms. The lowest BCUT2D eigenvalue weighted by atomic mass is 9.91. The summed E-state index contributed by atoms with van der Waals surface area (Å²) in [6.07, 6.45) is 8.74. The van der Waals surface area contributed by atoms with Crippen molar-refractivity contribution in [3.05, 3.63) is 11.7 Å². The highest BCUT2D eigenvalue weighted by Gasteiger charge is 2.19. The van der Waals surface area contributed by atoms with Crippen LogP contribution in [0.2, 0.25) is 0 Å². The van der Waals surface area contributed by atoms with E-state index in [1.165, 1.54) is 32.1 Å². The predicted octanol–water partition coefficient (Wildman–Crippen LogP) is 1.47. The van der Waals surface area contributed by atoms with Crippen molar-refractivity contribution in [3.63, 3.8) is 0 Å². The van der Waals surface area contributed by atoms with Gasteiger partial charge < -0.3 is 10.3 Å². The van der Waals surface area contributed by atoms with E-state index >= 15 is 0 Å². The molecule has 1 fully saturated rings. The van der Waals surface area contributed by atoms with Gasteiger partial charge >= 0.3 is 0 Å². The van der Waals surface area contributed by atoms with Gasteiger partial charge in [-0.15, -0.1) is 0 Å². The molecule has 0 saturated heterocycles. The van der Waals surface area contributed by atoms with Crippen molar-refractivity contribution in [1.82, 2.24) is 15.5 Å². The number of hydrogen-bond acceptors (Lipinski definition) is 5. The van der Waals surface area contributed by atoms with E-state index in [9.17, 15) is 4.79 Å². The molecule has 1 amide bonds. The smallest absolute Gasteiger partial charge is 0.240 e. The lowest BCUT2D eigenvalue weighted by Crippen LogP contribution is -2.28. The fourth-order valence-corrected chi connectivity index (χ4v) is 2.51. The van der Waals surface area contributed by atoms with Crippen molar-refractivity contribution < 1.29 is 9.32 Å². The minimum absolute atomic E-state index is 0.126. The quantitative estimate of drug-likeness (QED) is 0.841. The zero-order valence-electron chi connectivity index (χ0n) is 11.2. The Labute approximate surface area is 113 Å². The second-order valence-corrected chi connectivity index (χ2v) is 5.16. The molecule has 106 valence electrons. The highest BCUT2D eigenvalue weighted by Crippen LogP contribution is 2.28. The zero-order valence-corrected chi connectivity index (χ0v) is 11.2. The molecule has 2 rings (SSSR count). The average Bonchev–Trinajstić information content (AvgIpc) is 2.76. The number of carbonyl (C=O) groups is 1. The van der Waals surface area contributed by atoms with E-state index < -0.39 is 0 Å². The molecule has 3 N–H and O–H groups in total. The topological polar surface area (TPSA) is 94.0 Å². The summed E-state index contributed by atoms with van der Waals surface area (Å²) in [5.41, 5.74) is 5.04. The molecule has 1 aliphatic rings. The number of primary amides is 1. The minimum Gasteiger partial charge on any atom is -0.369 e. The number of nitrogens with one attached hydrogen (secondary N) is 1. The monoisotopic (exact) mass is 266 g/mol. The standard InChI is InChI=1S/C13H22N4O2/c14-11(18)8-15-9-12-16-13(17-19-12)10-6-4-2-1-3-5-7-10/h10,15H,1-9H2,(H2,14,18). The van der Waals surface area contributed by atoms with Gasteiger partial charge in [-0.25, -0.2) is 0 Å². The van der Waals surface area contributed by atoms with Crippen molar-refractivity contribution >= 4 is 5.91 Å². The molecule has 0 aromatic carbocycles. The maximum absolute atomic E-state index is 10.6. The Kier molecular flexibility index (Phi) is 5.32. The van der Waals surface area contributed by atoms with Crippen LogP contribution in [0.4, 0.5) is 0 Å².